The predicted molar refractivity (Wildman–Crippen MR) is 63.1 cm³/mol. The van der Waals surface area contributed by atoms with Crippen LogP contribution in [-0.2, 0) is 6.54 Å². The first kappa shape index (κ1) is 10.2. The summed E-state index contributed by atoms with van der Waals surface area (Å²) in [4.78, 5) is 8.22. The van der Waals surface area contributed by atoms with Gasteiger partial charge in [0.25, 0.3) is 0 Å². The van der Waals surface area contributed by atoms with Crippen LogP contribution in [0.25, 0.3) is 0 Å². The van der Waals surface area contributed by atoms with E-state index < -0.39 is 0 Å². The summed E-state index contributed by atoms with van der Waals surface area (Å²) >= 11 is 7.32. The lowest BCUT2D eigenvalue weighted by molar-refractivity contribution is 1.05. The van der Waals surface area contributed by atoms with Gasteiger partial charge in [-0.2, -0.15) is 0 Å². The summed E-state index contributed by atoms with van der Waals surface area (Å²) in [7, 11) is 0. The molecule has 2 aromatic heterocycles. The topological polar surface area (TPSA) is 63.8 Å². The van der Waals surface area contributed by atoms with Gasteiger partial charge in [0.05, 0.1) is 17.7 Å². The molecule has 0 aromatic carbocycles. The fraction of sp³-hybridized carbons (Fsp3) is 0.111. The summed E-state index contributed by atoms with van der Waals surface area (Å²) in [6.07, 6.45) is 0. The molecule has 78 valence electrons. The van der Waals surface area contributed by atoms with Gasteiger partial charge in [-0.05, 0) is 6.07 Å². The Bertz CT molecular complexity index is 423. The molecule has 0 atom stereocenters. The number of halogens is 1. The minimum atomic E-state index is 0.385. The van der Waals surface area contributed by atoms with Crippen LogP contribution in [0.5, 0.6) is 0 Å². The van der Waals surface area contributed by atoms with Crippen molar-refractivity contribution >= 4 is 34.4 Å². The van der Waals surface area contributed by atoms with Crippen LogP contribution in [0.2, 0.25) is 5.15 Å². The third-order valence-electron chi connectivity index (χ3n) is 1.75. The summed E-state index contributed by atoms with van der Waals surface area (Å²) < 4.78 is 0. The van der Waals surface area contributed by atoms with Gasteiger partial charge in [0.15, 0.2) is 0 Å². The number of pyridine rings is 1. The molecule has 0 saturated carbocycles. The number of nitrogens with two attached hydrogens (primary N) is 1. The fourth-order valence-electron chi connectivity index (χ4n) is 1.11. The van der Waals surface area contributed by atoms with Gasteiger partial charge < -0.3 is 11.1 Å². The van der Waals surface area contributed by atoms with Gasteiger partial charge in [-0.1, -0.05) is 11.6 Å². The van der Waals surface area contributed by atoms with Gasteiger partial charge in [-0.3, -0.25) is 0 Å². The quantitative estimate of drug-likeness (QED) is 0.809. The van der Waals surface area contributed by atoms with Crippen molar-refractivity contribution in [2.45, 2.75) is 6.54 Å². The molecule has 0 aliphatic rings. The van der Waals surface area contributed by atoms with Crippen molar-refractivity contribution in [2.75, 3.05) is 11.1 Å². The molecule has 0 unspecified atom stereocenters. The number of hydrogen-bond donors (Lipinski definition) is 2. The zero-order valence-electron chi connectivity index (χ0n) is 7.77. The maximum atomic E-state index is 5.77. The molecule has 2 aromatic rings. The van der Waals surface area contributed by atoms with E-state index in [-0.39, 0.29) is 0 Å². The van der Waals surface area contributed by atoms with Crippen LogP contribution in [0, 0.1) is 0 Å². The van der Waals surface area contributed by atoms with E-state index in [0.29, 0.717) is 23.2 Å². The number of aromatic nitrogens is 2. The molecular weight excluding hydrogens is 232 g/mol. The zero-order valence-corrected chi connectivity index (χ0v) is 9.35. The lowest BCUT2D eigenvalue weighted by Gasteiger charge is -2.04. The Morgan fingerprint density at radius 3 is 3.00 bits per heavy atom. The molecule has 15 heavy (non-hydrogen) atoms. The number of rotatable bonds is 3. The number of hydrogen-bond acceptors (Lipinski definition) is 5. The molecule has 0 aliphatic heterocycles. The monoisotopic (exact) mass is 240 g/mol. The molecule has 0 amide bonds. The van der Waals surface area contributed by atoms with Gasteiger partial charge in [0, 0.05) is 17.1 Å². The van der Waals surface area contributed by atoms with Crippen LogP contribution in [0.3, 0.4) is 0 Å². The molecule has 2 rings (SSSR count). The largest absolute Gasteiger partial charge is 0.399 e. The van der Waals surface area contributed by atoms with Crippen molar-refractivity contribution in [3.8, 4) is 0 Å². The Kier molecular flexibility index (Phi) is 3.03. The van der Waals surface area contributed by atoms with Crippen molar-refractivity contribution in [1.29, 1.82) is 0 Å². The molecule has 2 heterocycles. The normalized spacial score (nSPS) is 10.2. The molecule has 6 heteroatoms. The number of nitrogens with one attached hydrogen (secondary N) is 1. The highest BCUT2D eigenvalue weighted by Gasteiger charge is 1.99. The molecule has 0 saturated heterocycles. The smallest absolute Gasteiger partial charge is 0.133 e. The Balaban J connectivity index is 2.05. The Labute approximate surface area is 96.1 Å². The van der Waals surface area contributed by atoms with E-state index in [4.69, 9.17) is 17.3 Å². The predicted octanol–water partition coefficient (Wildman–Crippen LogP) is 2.39. The number of anilines is 2. The lowest BCUT2D eigenvalue weighted by Crippen LogP contribution is -2.02. The van der Waals surface area contributed by atoms with E-state index >= 15 is 0 Å². The van der Waals surface area contributed by atoms with E-state index in [1.54, 1.807) is 29.0 Å². The molecule has 3 N–H and O–H groups in total. The first-order chi connectivity index (χ1) is 7.24. The van der Waals surface area contributed by atoms with E-state index in [2.05, 4.69) is 15.3 Å². The van der Waals surface area contributed by atoms with Crippen molar-refractivity contribution in [1.82, 2.24) is 9.97 Å². The van der Waals surface area contributed by atoms with Crippen LogP contribution >= 0.6 is 22.9 Å². The molecule has 0 aliphatic carbocycles. The highest BCUT2D eigenvalue weighted by Crippen LogP contribution is 2.16. The van der Waals surface area contributed by atoms with Crippen LogP contribution in [0.15, 0.2) is 23.0 Å². The Morgan fingerprint density at radius 1 is 1.47 bits per heavy atom. The third kappa shape index (κ3) is 2.81. The van der Waals surface area contributed by atoms with Gasteiger partial charge in [-0.15, -0.1) is 11.3 Å². The average Bonchev–Trinajstić information content (AvgIpc) is 2.65. The summed E-state index contributed by atoms with van der Waals surface area (Å²) in [6.45, 7) is 0.621. The van der Waals surface area contributed by atoms with Crippen LogP contribution in [0.4, 0.5) is 11.5 Å². The van der Waals surface area contributed by atoms with E-state index in [1.165, 1.54) is 0 Å². The van der Waals surface area contributed by atoms with Crippen LogP contribution < -0.4 is 11.1 Å². The summed E-state index contributed by atoms with van der Waals surface area (Å²) in [5.41, 5.74) is 8.98. The fourth-order valence-corrected chi connectivity index (χ4v) is 1.89. The van der Waals surface area contributed by atoms with Gasteiger partial charge >= 0.3 is 0 Å². The highest BCUT2D eigenvalue weighted by molar-refractivity contribution is 7.07. The van der Waals surface area contributed by atoms with Crippen LogP contribution in [-0.4, -0.2) is 9.97 Å². The average molecular weight is 241 g/mol. The SMILES string of the molecule is Nc1cc(Cl)nc(NCc2cscn2)c1. The highest BCUT2D eigenvalue weighted by atomic mass is 35.5. The summed E-state index contributed by atoms with van der Waals surface area (Å²) in [5.74, 6) is 0.660. The van der Waals surface area contributed by atoms with Crippen LogP contribution in [0.1, 0.15) is 5.69 Å². The molecule has 0 fully saturated rings. The maximum absolute atomic E-state index is 5.77. The minimum Gasteiger partial charge on any atom is -0.399 e. The van der Waals surface area contributed by atoms with Crippen molar-refractivity contribution in [3.05, 3.63) is 33.9 Å². The van der Waals surface area contributed by atoms with Gasteiger partial charge in [0.2, 0.25) is 0 Å². The van der Waals surface area contributed by atoms with Crippen molar-refractivity contribution < 1.29 is 0 Å². The van der Waals surface area contributed by atoms with E-state index in [9.17, 15) is 0 Å². The first-order valence-corrected chi connectivity index (χ1v) is 5.60. The van der Waals surface area contributed by atoms with Gasteiger partial charge in [-0.25, -0.2) is 9.97 Å². The summed E-state index contributed by atoms with van der Waals surface area (Å²) in [6, 6.07) is 3.34. The lowest BCUT2D eigenvalue weighted by atomic mass is 10.4. The number of thiazole rings is 1. The van der Waals surface area contributed by atoms with E-state index in [0.717, 1.165) is 5.69 Å². The van der Waals surface area contributed by atoms with Crippen molar-refractivity contribution in [3.63, 3.8) is 0 Å². The molecule has 0 bridgehead atoms. The maximum Gasteiger partial charge on any atom is 0.133 e. The van der Waals surface area contributed by atoms with E-state index in [1.807, 2.05) is 5.38 Å². The molecular formula is C9H9ClN4S. The minimum absolute atomic E-state index is 0.385. The zero-order chi connectivity index (χ0) is 10.7. The van der Waals surface area contributed by atoms with Crippen molar-refractivity contribution in [2.24, 2.45) is 0 Å². The third-order valence-corrected chi connectivity index (χ3v) is 2.58. The Morgan fingerprint density at radius 2 is 2.33 bits per heavy atom. The molecule has 0 radical (unpaired) electrons. The Hall–Kier alpha value is -1.33. The number of nitrogens with zero attached hydrogens (tertiary/aromatic N) is 2. The number of nitrogen functional groups attached to an aromatic ring is 1. The first-order valence-electron chi connectivity index (χ1n) is 4.28. The molecule has 4 nitrogen and oxygen atoms in total. The molecule has 0 spiro atoms. The standard InChI is InChI=1S/C9H9ClN4S/c10-8-1-6(11)2-9(14-8)12-3-7-4-15-5-13-7/h1-2,4-5H,3H2,(H3,11,12,14). The second kappa shape index (κ2) is 4.46. The summed E-state index contributed by atoms with van der Waals surface area (Å²) in [5, 5.41) is 5.46. The second-order valence-corrected chi connectivity index (χ2v) is 4.05. The van der Waals surface area contributed by atoms with Gasteiger partial charge in [0.1, 0.15) is 11.0 Å². The second-order valence-electron chi connectivity index (χ2n) is 2.94.